The first-order valence-electron chi connectivity index (χ1n) is 11.8. The SMILES string of the molecule is CCCN1CCC(NC(=O)c2ccc(CNS(=O)(=O)c3ccc(C(C)(C)C)cc3)cc2)CC1. The van der Waals surface area contributed by atoms with E-state index in [-0.39, 0.29) is 28.8 Å². The van der Waals surface area contributed by atoms with Crippen LogP contribution in [0.3, 0.4) is 0 Å². The summed E-state index contributed by atoms with van der Waals surface area (Å²) in [7, 11) is -3.61. The minimum absolute atomic E-state index is 0.0316. The molecule has 0 bridgehead atoms. The zero-order valence-corrected chi connectivity index (χ0v) is 21.0. The van der Waals surface area contributed by atoms with Crippen LogP contribution < -0.4 is 10.0 Å². The molecule has 0 saturated carbocycles. The lowest BCUT2D eigenvalue weighted by atomic mass is 9.87. The second-order valence-corrected chi connectivity index (χ2v) is 11.7. The van der Waals surface area contributed by atoms with E-state index in [1.807, 2.05) is 12.1 Å². The summed E-state index contributed by atoms with van der Waals surface area (Å²) >= 11 is 0. The fourth-order valence-corrected chi connectivity index (χ4v) is 5.07. The van der Waals surface area contributed by atoms with Gasteiger partial charge in [0.25, 0.3) is 5.91 Å². The highest BCUT2D eigenvalue weighted by molar-refractivity contribution is 7.89. The first kappa shape index (κ1) is 25.4. The van der Waals surface area contributed by atoms with E-state index < -0.39 is 10.0 Å². The number of nitrogens with zero attached hydrogens (tertiary/aromatic N) is 1. The third kappa shape index (κ3) is 7.13. The van der Waals surface area contributed by atoms with Gasteiger partial charge in [0.2, 0.25) is 10.0 Å². The lowest BCUT2D eigenvalue weighted by molar-refractivity contribution is 0.0911. The van der Waals surface area contributed by atoms with Crippen molar-refractivity contribution < 1.29 is 13.2 Å². The summed E-state index contributed by atoms with van der Waals surface area (Å²) in [6.07, 6.45) is 3.10. The van der Waals surface area contributed by atoms with E-state index in [1.165, 1.54) is 0 Å². The highest BCUT2D eigenvalue weighted by Gasteiger charge is 2.21. The standard InChI is InChI=1S/C26H37N3O3S/c1-5-16-29-17-14-23(15-18-29)28-25(30)21-8-6-20(7-9-21)19-27-33(31,32)24-12-10-22(11-13-24)26(2,3)4/h6-13,23,27H,5,14-19H2,1-4H3,(H,28,30). The van der Waals surface area contributed by atoms with E-state index in [1.54, 1.807) is 36.4 Å². The Morgan fingerprint density at radius 3 is 2.15 bits per heavy atom. The average molecular weight is 472 g/mol. The Balaban J connectivity index is 1.52. The zero-order chi connectivity index (χ0) is 24.1. The van der Waals surface area contributed by atoms with E-state index in [0.717, 1.165) is 50.0 Å². The van der Waals surface area contributed by atoms with Crippen LogP contribution in [0.5, 0.6) is 0 Å². The van der Waals surface area contributed by atoms with Crippen molar-refractivity contribution >= 4 is 15.9 Å². The van der Waals surface area contributed by atoms with Crippen LogP contribution in [0, 0.1) is 0 Å². The summed E-state index contributed by atoms with van der Waals surface area (Å²) in [6.45, 7) is 11.8. The van der Waals surface area contributed by atoms with Gasteiger partial charge < -0.3 is 10.2 Å². The van der Waals surface area contributed by atoms with E-state index in [2.05, 4.69) is 42.6 Å². The number of sulfonamides is 1. The molecule has 0 aromatic heterocycles. The molecule has 1 saturated heterocycles. The number of hydrogen-bond donors (Lipinski definition) is 2. The van der Waals surface area contributed by atoms with E-state index in [4.69, 9.17) is 0 Å². The van der Waals surface area contributed by atoms with Gasteiger partial charge in [0.05, 0.1) is 4.90 Å². The zero-order valence-electron chi connectivity index (χ0n) is 20.2. The summed E-state index contributed by atoms with van der Waals surface area (Å²) in [4.78, 5) is 15.3. The third-order valence-electron chi connectivity index (χ3n) is 6.18. The molecule has 1 fully saturated rings. The van der Waals surface area contributed by atoms with Gasteiger partial charge in [0.1, 0.15) is 0 Å². The molecule has 0 unspecified atom stereocenters. The Kier molecular flexibility index (Phi) is 8.32. The highest BCUT2D eigenvalue weighted by atomic mass is 32.2. The molecule has 2 aromatic carbocycles. The number of carbonyl (C=O) groups is 1. The van der Waals surface area contributed by atoms with Gasteiger partial charge in [0, 0.05) is 31.2 Å². The fraction of sp³-hybridized carbons (Fsp3) is 0.500. The Labute approximate surface area is 198 Å². The first-order chi connectivity index (χ1) is 15.6. The van der Waals surface area contributed by atoms with Crippen LogP contribution in [-0.4, -0.2) is 44.9 Å². The van der Waals surface area contributed by atoms with E-state index in [9.17, 15) is 13.2 Å². The minimum Gasteiger partial charge on any atom is -0.349 e. The number of amides is 1. The maximum atomic E-state index is 12.6. The fourth-order valence-electron chi connectivity index (χ4n) is 4.06. The number of nitrogens with one attached hydrogen (secondary N) is 2. The smallest absolute Gasteiger partial charge is 0.251 e. The highest BCUT2D eigenvalue weighted by Crippen LogP contribution is 2.23. The largest absolute Gasteiger partial charge is 0.349 e. The number of likely N-dealkylation sites (tertiary alicyclic amines) is 1. The molecule has 33 heavy (non-hydrogen) atoms. The maximum absolute atomic E-state index is 12.6. The molecular weight excluding hydrogens is 434 g/mol. The molecule has 3 rings (SSSR count). The van der Waals surface area contributed by atoms with Crippen LogP contribution in [0.2, 0.25) is 0 Å². The molecule has 2 N–H and O–H groups in total. The molecule has 1 heterocycles. The van der Waals surface area contributed by atoms with Crippen molar-refractivity contribution in [1.82, 2.24) is 14.9 Å². The van der Waals surface area contributed by atoms with Gasteiger partial charge in [-0.05, 0) is 66.6 Å². The summed E-state index contributed by atoms with van der Waals surface area (Å²) in [5, 5.41) is 3.13. The van der Waals surface area contributed by atoms with Crippen molar-refractivity contribution in [2.45, 2.75) is 69.9 Å². The van der Waals surface area contributed by atoms with Crippen LogP contribution >= 0.6 is 0 Å². The van der Waals surface area contributed by atoms with Crippen LogP contribution in [0.1, 0.15) is 68.4 Å². The quantitative estimate of drug-likeness (QED) is 0.608. The van der Waals surface area contributed by atoms with Crippen LogP contribution in [0.15, 0.2) is 53.4 Å². The maximum Gasteiger partial charge on any atom is 0.251 e. The van der Waals surface area contributed by atoms with Gasteiger partial charge in [-0.3, -0.25) is 4.79 Å². The molecule has 1 amide bonds. The van der Waals surface area contributed by atoms with E-state index >= 15 is 0 Å². The molecular formula is C26H37N3O3S. The molecule has 2 aromatic rings. The predicted molar refractivity (Wildman–Crippen MR) is 133 cm³/mol. The number of rotatable bonds is 8. The molecule has 0 aliphatic carbocycles. The van der Waals surface area contributed by atoms with Gasteiger partial charge >= 0.3 is 0 Å². The first-order valence-corrected chi connectivity index (χ1v) is 13.3. The molecule has 1 aliphatic rings. The number of benzene rings is 2. The molecule has 0 atom stereocenters. The lowest BCUT2D eigenvalue weighted by Gasteiger charge is -2.32. The summed E-state index contributed by atoms with van der Waals surface area (Å²) in [5.41, 5.74) is 2.45. The molecule has 0 spiro atoms. The third-order valence-corrected chi connectivity index (χ3v) is 7.59. The number of hydrogen-bond acceptors (Lipinski definition) is 4. The van der Waals surface area contributed by atoms with Crippen molar-refractivity contribution in [1.29, 1.82) is 0 Å². The number of carbonyl (C=O) groups excluding carboxylic acids is 1. The normalized spacial score (nSPS) is 16.0. The molecule has 6 nitrogen and oxygen atoms in total. The van der Waals surface area contributed by atoms with Gasteiger partial charge in [-0.25, -0.2) is 13.1 Å². The van der Waals surface area contributed by atoms with Crippen molar-refractivity contribution in [2.24, 2.45) is 0 Å². The van der Waals surface area contributed by atoms with Gasteiger partial charge in [-0.15, -0.1) is 0 Å². The monoisotopic (exact) mass is 471 g/mol. The summed E-state index contributed by atoms with van der Waals surface area (Å²) < 4.78 is 27.9. The van der Waals surface area contributed by atoms with Crippen LogP contribution in [0.25, 0.3) is 0 Å². The van der Waals surface area contributed by atoms with Crippen LogP contribution in [-0.2, 0) is 22.0 Å². The summed E-state index contributed by atoms with van der Waals surface area (Å²) in [6, 6.07) is 14.3. The molecule has 180 valence electrons. The Hall–Kier alpha value is -2.22. The van der Waals surface area contributed by atoms with Crippen LogP contribution in [0.4, 0.5) is 0 Å². The minimum atomic E-state index is -3.61. The van der Waals surface area contributed by atoms with Gasteiger partial charge in [0.15, 0.2) is 0 Å². The topological polar surface area (TPSA) is 78.5 Å². The van der Waals surface area contributed by atoms with Gasteiger partial charge in [-0.2, -0.15) is 0 Å². The Bertz CT molecular complexity index is 1020. The summed E-state index contributed by atoms with van der Waals surface area (Å²) in [5.74, 6) is -0.0741. The van der Waals surface area contributed by atoms with E-state index in [0.29, 0.717) is 5.56 Å². The second kappa shape index (κ2) is 10.8. The van der Waals surface area contributed by atoms with Crippen molar-refractivity contribution in [3.8, 4) is 0 Å². The van der Waals surface area contributed by atoms with Crippen molar-refractivity contribution in [2.75, 3.05) is 19.6 Å². The Morgan fingerprint density at radius 2 is 1.61 bits per heavy atom. The van der Waals surface area contributed by atoms with Crippen molar-refractivity contribution in [3.63, 3.8) is 0 Å². The molecule has 7 heteroatoms. The number of piperidine rings is 1. The van der Waals surface area contributed by atoms with Gasteiger partial charge in [-0.1, -0.05) is 52.0 Å². The average Bonchev–Trinajstić information content (AvgIpc) is 2.79. The second-order valence-electron chi connectivity index (χ2n) is 9.89. The molecule has 0 radical (unpaired) electrons. The molecule has 1 aliphatic heterocycles. The Morgan fingerprint density at radius 1 is 1.00 bits per heavy atom. The predicted octanol–water partition coefficient (Wildman–Crippen LogP) is 4.07. The van der Waals surface area contributed by atoms with Crippen molar-refractivity contribution in [3.05, 3.63) is 65.2 Å². The lowest BCUT2D eigenvalue weighted by Crippen LogP contribution is -2.44.